The molecule has 1 aliphatic rings. The third kappa shape index (κ3) is 2.75. The number of hydrogen-bond acceptors (Lipinski definition) is 5. The van der Waals surface area contributed by atoms with Crippen molar-refractivity contribution in [3.05, 3.63) is 0 Å². The van der Waals surface area contributed by atoms with Crippen LogP contribution in [0.5, 0.6) is 0 Å². The maximum atomic E-state index is 11.7. The Labute approximate surface area is 99.9 Å². The van der Waals surface area contributed by atoms with Crippen molar-refractivity contribution in [1.82, 2.24) is 4.90 Å². The number of ether oxygens (including phenoxy) is 2. The zero-order chi connectivity index (χ0) is 13.0. The Kier molecular flexibility index (Phi) is 4.48. The lowest BCUT2D eigenvalue weighted by atomic mass is 10.2. The maximum absolute atomic E-state index is 11.7. The number of esters is 1. The summed E-state index contributed by atoms with van der Waals surface area (Å²) >= 11 is 0. The summed E-state index contributed by atoms with van der Waals surface area (Å²) in [4.78, 5) is 36.0. The van der Waals surface area contributed by atoms with E-state index in [0.29, 0.717) is 0 Å². The van der Waals surface area contributed by atoms with Crippen LogP contribution in [-0.4, -0.2) is 48.0 Å². The lowest BCUT2D eigenvalue weighted by Crippen LogP contribution is -2.45. The number of carbonyl (C=O) groups is 3. The Bertz CT molecular complexity index is 328. The SMILES string of the molecule is CCOC(=O)C1CC(=O)C(C)N1C(=O)OCC. The highest BCUT2D eigenvalue weighted by atomic mass is 16.6. The molecular formula is C11H17NO5. The van der Waals surface area contributed by atoms with Gasteiger partial charge in [0, 0.05) is 6.42 Å². The molecule has 0 aromatic carbocycles. The van der Waals surface area contributed by atoms with Gasteiger partial charge < -0.3 is 9.47 Å². The normalized spacial score (nSPS) is 23.7. The first-order valence-corrected chi connectivity index (χ1v) is 5.67. The third-order valence-electron chi connectivity index (χ3n) is 2.65. The number of nitrogens with zero attached hydrogens (tertiary/aromatic N) is 1. The van der Waals surface area contributed by atoms with Crippen LogP contribution in [0.15, 0.2) is 0 Å². The molecule has 96 valence electrons. The Morgan fingerprint density at radius 2 is 1.88 bits per heavy atom. The topological polar surface area (TPSA) is 72.9 Å². The van der Waals surface area contributed by atoms with E-state index in [2.05, 4.69) is 0 Å². The lowest BCUT2D eigenvalue weighted by molar-refractivity contribution is -0.148. The molecule has 0 aromatic heterocycles. The van der Waals surface area contributed by atoms with Crippen molar-refractivity contribution >= 4 is 17.8 Å². The first-order valence-electron chi connectivity index (χ1n) is 5.67. The average Bonchev–Trinajstić information content (AvgIpc) is 2.56. The molecule has 0 aromatic rings. The summed E-state index contributed by atoms with van der Waals surface area (Å²) in [7, 11) is 0. The van der Waals surface area contributed by atoms with Crippen LogP contribution in [0.3, 0.4) is 0 Å². The number of amides is 1. The highest BCUT2D eigenvalue weighted by molar-refractivity contribution is 5.97. The van der Waals surface area contributed by atoms with Crippen molar-refractivity contribution in [3.8, 4) is 0 Å². The van der Waals surface area contributed by atoms with Crippen LogP contribution < -0.4 is 0 Å². The lowest BCUT2D eigenvalue weighted by Gasteiger charge is -2.24. The van der Waals surface area contributed by atoms with E-state index in [1.54, 1.807) is 20.8 Å². The number of Topliss-reactive ketones (excluding diaryl/α,β-unsaturated/α-hetero) is 1. The fraction of sp³-hybridized carbons (Fsp3) is 0.727. The second-order valence-corrected chi connectivity index (χ2v) is 3.72. The average molecular weight is 243 g/mol. The van der Waals surface area contributed by atoms with E-state index in [0.717, 1.165) is 4.90 Å². The van der Waals surface area contributed by atoms with Gasteiger partial charge in [-0.05, 0) is 20.8 Å². The molecule has 1 aliphatic heterocycles. The van der Waals surface area contributed by atoms with Gasteiger partial charge in [0.1, 0.15) is 6.04 Å². The van der Waals surface area contributed by atoms with Gasteiger partial charge in [-0.3, -0.25) is 9.69 Å². The number of rotatable bonds is 3. The van der Waals surface area contributed by atoms with E-state index >= 15 is 0 Å². The summed E-state index contributed by atoms with van der Waals surface area (Å²) in [5.41, 5.74) is 0. The van der Waals surface area contributed by atoms with Gasteiger partial charge in [0.15, 0.2) is 5.78 Å². The Balaban J connectivity index is 2.84. The second kappa shape index (κ2) is 5.65. The zero-order valence-corrected chi connectivity index (χ0v) is 10.3. The van der Waals surface area contributed by atoms with Gasteiger partial charge in [-0.2, -0.15) is 0 Å². The van der Waals surface area contributed by atoms with E-state index in [1.165, 1.54) is 0 Å². The number of carbonyl (C=O) groups excluding carboxylic acids is 3. The summed E-state index contributed by atoms with van der Waals surface area (Å²) < 4.78 is 9.67. The molecule has 0 bridgehead atoms. The van der Waals surface area contributed by atoms with Gasteiger partial charge in [-0.25, -0.2) is 9.59 Å². The van der Waals surface area contributed by atoms with E-state index in [-0.39, 0.29) is 25.4 Å². The molecule has 0 aliphatic carbocycles. The monoisotopic (exact) mass is 243 g/mol. The van der Waals surface area contributed by atoms with Crippen molar-refractivity contribution in [1.29, 1.82) is 0 Å². The molecular weight excluding hydrogens is 226 g/mol. The molecule has 2 atom stereocenters. The van der Waals surface area contributed by atoms with Crippen LogP contribution >= 0.6 is 0 Å². The van der Waals surface area contributed by atoms with Crippen molar-refractivity contribution in [2.45, 2.75) is 39.3 Å². The predicted molar refractivity (Wildman–Crippen MR) is 58.4 cm³/mol. The van der Waals surface area contributed by atoms with E-state index in [9.17, 15) is 14.4 Å². The molecule has 1 heterocycles. The van der Waals surface area contributed by atoms with Crippen molar-refractivity contribution in [3.63, 3.8) is 0 Å². The molecule has 17 heavy (non-hydrogen) atoms. The van der Waals surface area contributed by atoms with Crippen LogP contribution in [0.1, 0.15) is 27.2 Å². The Morgan fingerprint density at radius 1 is 1.29 bits per heavy atom. The number of likely N-dealkylation sites (tertiary alicyclic amines) is 1. The second-order valence-electron chi connectivity index (χ2n) is 3.72. The number of hydrogen-bond donors (Lipinski definition) is 0. The first-order chi connectivity index (χ1) is 8.02. The molecule has 1 amide bonds. The van der Waals surface area contributed by atoms with Crippen LogP contribution in [0.25, 0.3) is 0 Å². The van der Waals surface area contributed by atoms with Crippen LogP contribution in [-0.2, 0) is 19.1 Å². The highest BCUT2D eigenvalue weighted by Gasteiger charge is 2.45. The van der Waals surface area contributed by atoms with Crippen LogP contribution in [0.2, 0.25) is 0 Å². The van der Waals surface area contributed by atoms with Crippen molar-refractivity contribution < 1.29 is 23.9 Å². The maximum Gasteiger partial charge on any atom is 0.411 e. The summed E-state index contributed by atoms with van der Waals surface area (Å²) in [6.45, 7) is 5.34. The molecule has 1 rings (SSSR count). The van der Waals surface area contributed by atoms with Crippen LogP contribution in [0, 0.1) is 0 Å². The van der Waals surface area contributed by atoms with E-state index in [4.69, 9.17) is 9.47 Å². The first kappa shape index (κ1) is 13.5. The Morgan fingerprint density at radius 3 is 2.41 bits per heavy atom. The molecule has 6 heteroatoms. The zero-order valence-electron chi connectivity index (χ0n) is 10.3. The fourth-order valence-corrected chi connectivity index (χ4v) is 1.80. The fourth-order valence-electron chi connectivity index (χ4n) is 1.80. The van der Waals surface area contributed by atoms with Gasteiger partial charge in [-0.15, -0.1) is 0 Å². The van der Waals surface area contributed by atoms with E-state index in [1.807, 2.05) is 0 Å². The molecule has 0 radical (unpaired) electrons. The van der Waals surface area contributed by atoms with Gasteiger partial charge in [0.05, 0.1) is 19.3 Å². The summed E-state index contributed by atoms with van der Waals surface area (Å²) in [6, 6.07) is -1.49. The van der Waals surface area contributed by atoms with E-state index < -0.39 is 24.1 Å². The van der Waals surface area contributed by atoms with Gasteiger partial charge in [-0.1, -0.05) is 0 Å². The summed E-state index contributed by atoms with van der Waals surface area (Å²) in [6.07, 6.45) is -0.650. The van der Waals surface area contributed by atoms with Crippen LogP contribution in [0.4, 0.5) is 4.79 Å². The molecule has 0 saturated carbocycles. The van der Waals surface area contributed by atoms with Gasteiger partial charge >= 0.3 is 12.1 Å². The number of ketones is 1. The standard InChI is InChI=1S/C11H17NO5/c1-4-16-10(14)8-6-9(13)7(3)12(8)11(15)17-5-2/h7-8H,4-6H2,1-3H3. The quantitative estimate of drug-likeness (QED) is 0.683. The minimum Gasteiger partial charge on any atom is -0.464 e. The highest BCUT2D eigenvalue weighted by Crippen LogP contribution is 2.23. The molecule has 2 unspecified atom stereocenters. The molecule has 6 nitrogen and oxygen atoms in total. The Hall–Kier alpha value is -1.59. The minimum absolute atomic E-state index is 0.00118. The summed E-state index contributed by atoms with van der Waals surface area (Å²) in [5, 5.41) is 0. The molecule has 0 N–H and O–H groups in total. The molecule has 0 spiro atoms. The van der Waals surface area contributed by atoms with Gasteiger partial charge in [0.2, 0.25) is 0 Å². The predicted octanol–water partition coefficient (Wildman–Crippen LogP) is 0.738. The minimum atomic E-state index is -0.850. The largest absolute Gasteiger partial charge is 0.464 e. The third-order valence-corrected chi connectivity index (χ3v) is 2.65. The summed E-state index contributed by atoms with van der Waals surface area (Å²) in [5.74, 6) is -0.714. The molecule has 1 saturated heterocycles. The van der Waals surface area contributed by atoms with Crippen molar-refractivity contribution in [2.75, 3.05) is 13.2 Å². The molecule has 1 fully saturated rings. The van der Waals surface area contributed by atoms with Crippen molar-refractivity contribution in [2.24, 2.45) is 0 Å². The smallest absolute Gasteiger partial charge is 0.411 e. The van der Waals surface area contributed by atoms with Gasteiger partial charge in [0.25, 0.3) is 0 Å².